The summed E-state index contributed by atoms with van der Waals surface area (Å²) in [5.41, 5.74) is 2.57. The molecule has 5 aromatic rings. The molecule has 0 unspecified atom stereocenters. The number of fused-ring (bicyclic) bond motifs is 4. The van der Waals surface area contributed by atoms with Gasteiger partial charge in [0.2, 0.25) is 0 Å². The fourth-order valence-corrected chi connectivity index (χ4v) is 3.94. The first-order valence-electron chi connectivity index (χ1n) is 7.39. The molecule has 0 aliphatic heterocycles. The number of hydrogen-bond donors (Lipinski definition) is 0. The Morgan fingerprint density at radius 2 is 1.57 bits per heavy atom. The quantitative estimate of drug-likeness (QED) is 0.434. The monoisotopic (exact) mass is 313 g/mol. The zero-order valence-electron chi connectivity index (χ0n) is 12.1. The van der Waals surface area contributed by atoms with Gasteiger partial charge in [-0.15, -0.1) is 21.5 Å². The van der Waals surface area contributed by atoms with E-state index in [1.165, 1.54) is 20.2 Å². The lowest BCUT2D eigenvalue weighted by Crippen LogP contribution is -1.91. The zero-order chi connectivity index (χ0) is 15.2. The van der Waals surface area contributed by atoms with Crippen molar-refractivity contribution in [3.63, 3.8) is 0 Å². The van der Waals surface area contributed by atoms with Crippen LogP contribution in [0.3, 0.4) is 0 Å². The number of hydrogen-bond acceptors (Lipinski definition) is 4. The lowest BCUT2D eigenvalue weighted by molar-refractivity contribution is 1.07. The molecule has 0 atom stereocenters. The summed E-state index contributed by atoms with van der Waals surface area (Å²) in [5, 5.41) is 12.2. The van der Waals surface area contributed by atoms with Crippen LogP contribution >= 0.6 is 11.3 Å². The minimum Gasteiger partial charge on any atom is -0.253 e. The summed E-state index contributed by atoms with van der Waals surface area (Å²) in [6.07, 6.45) is 1.94. The summed E-state index contributed by atoms with van der Waals surface area (Å²) < 4.78 is 2.48. The lowest BCUT2D eigenvalue weighted by atomic mass is 10.1. The van der Waals surface area contributed by atoms with Gasteiger partial charge in [-0.05, 0) is 24.3 Å². The smallest absolute Gasteiger partial charge is 0.112 e. The van der Waals surface area contributed by atoms with E-state index < -0.39 is 0 Å². The molecule has 4 heteroatoms. The van der Waals surface area contributed by atoms with E-state index in [0.717, 1.165) is 22.3 Å². The highest BCUT2D eigenvalue weighted by molar-refractivity contribution is 7.25. The van der Waals surface area contributed by atoms with Crippen molar-refractivity contribution in [1.82, 2.24) is 15.2 Å². The van der Waals surface area contributed by atoms with Gasteiger partial charge in [0.25, 0.3) is 0 Å². The molecule has 23 heavy (non-hydrogen) atoms. The third-order valence-electron chi connectivity index (χ3n) is 4.02. The van der Waals surface area contributed by atoms with Crippen molar-refractivity contribution in [3.05, 3.63) is 66.9 Å². The van der Waals surface area contributed by atoms with E-state index >= 15 is 0 Å². The summed E-state index contributed by atoms with van der Waals surface area (Å²) in [6, 6.07) is 20.6. The number of rotatable bonds is 1. The minimum absolute atomic E-state index is 0.806. The van der Waals surface area contributed by atoms with Gasteiger partial charge in [0.15, 0.2) is 0 Å². The summed E-state index contributed by atoms with van der Waals surface area (Å²) in [7, 11) is 0. The van der Waals surface area contributed by atoms with Gasteiger partial charge in [-0.2, -0.15) is 0 Å². The second-order valence-electron chi connectivity index (χ2n) is 5.45. The molecular formula is C19H11N3S. The van der Waals surface area contributed by atoms with E-state index in [4.69, 9.17) is 0 Å². The second-order valence-corrected chi connectivity index (χ2v) is 6.54. The van der Waals surface area contributed by atoms with Gasteiger partial charge in [-0.1, -0.05) is 36.4 Å². The third kappa shape index (κ3) is 1.99. The third-order valence-corrected chi connectivity index (χ3v) is 5.14. The van der Waals surface area contributed by atoms with Crippen LogP contribution in [0.4, 0.5) is 0 Å². The highest BCUT2D eigenvalue weighted by Gasteiger charge is 2.09. The SMILES string of the molecule is c1ccc2nnc(-c3cc4c(cn3)sc3ccccc34)cc2c1. The predicted octanol–water partition coefficient (Wildman–Crippen LogP) is 5.06. The zero-order valence-corrected chi connectivity index (χ0v) is 12.9. The maximum Gasteiger partial charge on any atom is 0.112 e. The summed E-state index contributed by atoms with van der Waals surface area (Å²) in [4.78, 5) is 4.59. The van der Waals surface area contributed by atoms with Gasteiger partial charge in [-0.25, -0.2) is 0 Å². The van der Waals surface area contributed by atoms with Gasteiger partial charge in [0.05, 0.1) is 15.9 Å². The first-order chi connectivity index (χ1) is 11.4. The van der Waals surface area contributed by atoms with Crippen molar-refractivity contribution in [1.29, 1.82) is 0 Å². The number of aromatic nitrogens is 3. The Morgan fingerprint density at radius 3 is 2.57 bits per heavy atom. The largest absolute Gasteiger partial charge is 0.253 e. The topological polar surface area (TPSA) is 38.7 Å². The second kappa shape index (κ2) is 4.83. The van der Waals surface area contributed by atoms with Gasteiger partial charge >= 0.3 is 0 Å². The highest BCUT2D eigenvalue weighted by Crippen LogP contribution is 2.34. The molecule has 2 aromatic carbocycles. The number of benzene rings is 2. The maximum absolute atomic E-state index is 4.59. The number of thiophene rings is 1. The minimum atomic E-state index is 0.806. The van der Waals surface area contributed by atoms with Crippen molar-refractivity contribution in [3.8, 4) is 11.4 Å². The van der Waals surface area contributed by atoms with Gasteiger partial charge in [0.1, 0.15) is 5.69 Å². The lowest BCUT2D eigenvalue weighted by Gasteiger charge is -2.02. The van der Waals surface area contributed by atoms with E-state index in [9.17, 15) is 0 Å². The molecule has 0 aliphatic rings. The molecule has 0 fully saturated rings. The predicted molar refractivity (Wildman–Crippen MR) is 95.7 cm³/mol. The number of pyridine rings is 1. The van der Waals surface area contributed by atoms with Crippen LogP contribution in [-0.4, -0.2) is 15.2 Å². The number of nitrogens with zero attached hydrogens (tertiary/aromatic N) is 3. The van der Waals surface area contributed by atoms with Gasteiger partial charge < -0.3 is 0 Å². The molecule has 0 radical (unpaired) electrons. The standard InChI is InChI=1S/C19H11N3S/c1-3-7-15-12(5-1)9-17(22-21-15)16-10-14-13-6-2-4-8-18(13)23-19(14)11-20-16/h1-11H. The van der Waals surface area contributed by atoms with Crippen LogP contribution in [0.25, 0.3) is 42.5 Å². The first kappa shape index (κ1) is 12.7. The average Bonchev–Trinajstić information content (AvgIpc) is 2.99. The van der Waals surface area contributed by atoms with E-state index in [1.807, 2.05) is 36.5 Å². The Bertz CT molecular complexity index is 1180. The normalized spacial score (nSPS) is 11.5. The summed E-state index contributed by atoms with van der Waals surface area (Å²) in [5.74, 6) is 0. The van der Waals surface area contributed by atoms with Crippen LogP contribution in [0.2, 0.25) is 0 Å². The van der Waals surface area contributed by atoms with E-state index in [0.29, 0.717) is 0 Å². The Hall–Kier alpha value is -2.85. The summed E-state index contributed by atoms with van der Waals surface area (Å²) >= 11 is 1.77. The fraction of sp³-hybridized carbons (Fsp3) is 0. The molecule has 3 nitrogen and oxygen atoms in total. The van der Waals surface area contributed by atoms with Gasteiger partial charge in [0, 0.05) is 27.1 Å². The van der Waals surface area contributed by atoms with Crippen LogP contribution in [0, 0.1) is 0 Å². The van der Waals surface area contributed by atoms with Crippen LogP contribution < -0.4 is 0 Å². The Kier molecular flexibility index (Phi) is 2.66. The first-order valence-corrected chi connectivity index (χ1v) is 8.20. The van der Waals surface area contributed by atoms with Crippen LogP contribution in [-0.2, 0) is 0 Å². The van der Waals surface area contributed by atoms with Crippen molar-refractivity contribution >= 4 is 42.4 Å². The van der Waals surface area contributed by atoms with Crippen LogP contribution in [0.5, 0.6) is 0 Å². The molecule has 3 heterocycles. The molecule has 0 bridgehead atoms. The molecule has 0 saturated heterocycles. The van der Waals surface area contributed by atoms with E-state index in [2.05, 4.69) is 45.5 Å². The molecule has 0 amide bonds. The van der Waals surface area contributed by atoms with Crippen molar-refractivity contribution in [2.45, 2.75) is 0 Å². The molecule has 3 aromatic heterocycles. The molecule has 0 saturated carbocycles. The molecular weight excluding hydrogens is 302 g/mol. The van der Waals surface area contributed by atoms with Crippen molar-refractivity contribution in [2.24, 2.45) is 0 Å². The fourth-order valence-electron chi connectivity index (χ4n) is 2.88. The van der Waals surface area contributed by atoms with Gasteiger partial charge in [-0.3, -0.25) is 4.98 Å². The molecule has 0 aliphatic carbocycles. The van der Waals surface area contributed by atoms with E-state index in [-0.39, 0.29) is 0 Å². The van der Waals surface area contributed by atoms with Crippen molar-refractivity contribution in [2.75, 3.05) is 0 Å². The molecule has 5 rings (SSSR count). The average molecular weight is 313 g/mol. The molecule has 0 spiro atoms. The van der Waals surface area contributed by atoms with E-state index in [1.54, 1.807) is 11.3 Å². The molecule has 108 valence electrons. The Balaban J connectivity index is 1.76. The Labute approximate surface area is 136 Å². The van der Waals surface area contributed by atoms with Crippen molar-refractivity contribution < 1.29 is 0 Å². The van der Waals surface area contributed by atoms with Crippen LogP contribution in [0.15, 0.2) is 66.9 Å². The highest BCUT2D eigenvalue weighted by atomic mass is 32.1. The Morgan fingerprint density at radius 1 is 0.696 bits per heavy atom. The van der Waals surface area contributed by atoms with Crippen LogP contribution in [0.1, 0.15) is 0 Å². The summed E-state index contributed by atoms with van der Waals surface area (Å²) in [6.45, 7) is 0. The maximum atomic E-state index is 4.59. The molecule has 0 N–H and O–H groups in total.